The zero-order valence-corrected chi connectivity index (χ0v) is 51.0. The van der Waals surface area contributed by atoms with E-state index in [0.717, 1.165) is 38.5 Å². The van der Waals surface area contributed by atoms with E-state index in [2.05, 4.69) is 43.5 Å². The lowest BCUT2D eigenvalue weighted by Gasteiger charge is -2.29. The van der Waals surface area contributed by atoms with Crippen molar-refractivity contribution in [2.45, 2.75) is 334 Å². The Balaban J connectivity index is 4.06. The van der Waals surface area contributed by atoms with Gasteiger partial charge in [-0.3, -0.25) is 9.36 Å². The van der Waals surface area contributed by atoms with Crippen LogP contribution in [0.3, 0.4) is 0 Å². The van der Waals surface area contributed by atoms with Crippen molar-refractivity contribution in [2.24, 2.45) is 0 Å². The highest BCUT2D eigenvalue weighted by Gasteiger charge is 2.23. The molecule has 0 aromatic rings. The van der Waals surface area contributed by atoms with Crippen molar-refractivity contribution in [1.29, 1.82) is 0 Å². The molecule has 0 rings (SSSR count). The van der Waals surface area contributed by atoms with Crippen LogP contribution in [0.4, 0.5) is 0 Å². The lowest BCUT2D eigenvalue weighted by Crippen LogP contribution is -2.45. The molecule has 0 radical (unpaired) electrons. The molecule has 1 amide bonds. The molecule has 0 aliphatic rings. The van der Waals surface area contributed by atoms with Gasteiger partial charge in [0.25, 0.3) is 7.82 Å². The van der Waals surface area contributed by atoms with Gasteiger partial charge >= 0.3 is 0 Å². The third kappa shape index (κ3) is 58.4. The molecule has 3 unspecified atom stereocenters. The summed E-state index contributed by atoms with van der Waals surface area (Å²) in [6, 6.07) is -0.902. The molecule has 0 spiro atoms. The molecule has 0 saturated heterocycles. The minimum absolute atomic E-state index is 0.00484. The Morgan fingerprint density at radius 2 is 0.757 bits per heavy atom. The number of amides is 1. The van der Waals surface area contributed by atoms with E-state index in [1.807, 2.05) is 27.2 Å². The van der Waals surface area contributed by atoms with E-state index in [1.165, 1.54) is 263 Å². The van der Waals surface area contributed by atoms with Gasteiger partial charge in [-0.1, -0.05) is 294 Å². The second-order valence-corrected chi connectivity index (χ2v) is 24.9. The number of aliphatic hydroxyl groups is 1. The first kappa shape index (κ1) is 72.7. The summed E-state index contributed by atoms with van der Waals surface area (Å²) in [5.41, 5.74) is 0. The van der Waals surface area contributed by atoms with E-state index >= 15 is 0 Å². The third-order valence-electron chi connectivity index (χ3n) is 14.8. The van der Waals surface area contributed by atoms with Gasteiger partial charge < -0.3 is 28.8 Å². The smallest absolute Gasteiger partial charge is 0.268 e. The number of hydrogen-bond acceptors (Lipinski definition) is 6. The van der Waals surface area contributed by atoms with E-state index in [1.54, 1.807) is 6.08 Å². The highest BCUT2D eigenvalue weighted by molar-refractivity contribution is 7.45. The fraction of sp³-hybridized carbons (Fsp3) is 0.892. The van der Waals surface area contributed by atoms with Gasteiger partial charge in [-0.15, -0.1) is 0 Å². The molecule has 0 aliphatic heterocycles. The van der Waals surface area contributed by atoms with Crippen LogP contribution in [-0.4, -0.2) is 68.5 Å². The molecule has 0 saturated carbocycles. The summed E-state index contributed by atoms with van der Waals surface area (Å²) in [5, 5.41) is 13.9. The fourth-order valence-corrected chi connectivity index (χ4v) is 10.5. The predicted octanol–water partition coefficient (Wildman–Crippen LogP) is 19.5. The molecule has 0 aliphatic carbocycles. The summed E-state index contributed by atoms with van der Waals surface area (Å²) in [5.74, 6) is -0.202. The van der Waals surface area contributed by atoms with Crippen LogP contribution < -0.4 is 10.2 Å². The van der Waals surface area contributed by atoms with E-state index in [0.29, 0.717) is 17.4 Å². The summed E-state index contributed by atoms with van der Waals surface area (Å²) in [7, 11) is 1.26. The summed E-state index contributed by atoms with van der Waals surface area (Å²) in [4.78, 5) is 25.5. The van der Waals surface area contributed by atoms with Crippen molar-refractivity contribution in [3.05, 3.63) is 36.5 Å². The van der Waals surface area contributed by atoms with Gasteiger partial charge in [-0.25, -0.2) is 0 Å². The number of allylic oxidation sites excluding steroid dienone is 5. The molecule has 8 nitrogen and oxygen atoms in total. The summed E-state index contributed by atoms with van der Waals surface area (Å²) in [6.45, 7) is 4.67. The van der Waals surface area contributed by atoms with Gasteiger partial charge in [-0.05, 0) is 57.8 Å². The van der Waals surface area contributed by atoms with Gasteiger partial charge in [0.2, 0.25) is 5.91 Å². The number of rotatable bonds is 60. The highest BCUT2D eigenvalue weighted by atomic mass is 31.2. The number of phosphoric ester groups is 1. The van der Waals surface area contributed by atoms with Crippen molar-refractivity contribution >= 4 is 13.7 Å². The molecular weight excluding hydrogens is 936 g/mol. The van der Waals surface area contributed by atoms with Crippen molar-refractivity contribution in [2.75, 3.05) is 40.9 Å². The van der Waals surface area contributed by atoms with E-state index in [4.69, 9.17) is 9.05 Å². The summed E-state index contributed by atoms with van der Waals surface area (Å²) < 4.78 is 23.4. The van der Waals surface area contributed by atoms with Crippen LogP contribution >= 0.6 is 7.82 Å². The molecule has 3 atom stereocenters. The second kappa shape index (κ2) is 56.4. The van der Waals surface area contributed by atoms with Crippen LogP contribution in [0.1, 0.15) is 322 Å². The maximum Gasteiger partial charge on any atom is 0.268 e. The molecule has 0 fully saturated rings. The lowest BCUT2D eigenvalue weighted by molar-refractivity contribution is -0.870. The average Bonchev–Trinajstić information content (AvgIpc) is 3.36. The molecule has 2 N–H and O–H groups in total. The number of quaternary nitrogens is 1. The predicted molar refractivity (Wildman–Crippen MR) is 321 cm³/mol. The van der Waals surface area contributed by atoms with Crippen LogP contribution in [-0.2, 0) is 18.4 Å². The first-order valence-electron chi connectivity index (χ1n) is 32.4. The van der Waals surface area contributed by atoms with Crippen molar-refractivity contribution in [1.82, 2.24) is 5.32 Å². The zero-order chi connectivity index (χ0) is 54.2. The maximum absolute atomic E-state index is 13.0. The van der Waals surface area contributed by atoms with Crippen LogP contribution in [0.25, 0.3) is 0 Å². The van der Waals surface area contributed by atoms with E-state index < -0.39 is 20.0 Å². The van der Waals surface area contributed by atoms with Crippen LogP contribution in [0.15, 0.2) is 36.5 Å². The first-order chi connectivity index (χ1) is 36.0. The number of nitrogens with zero attached hydrogens (tertiary/aromatic N) is 1. The van der Waals surface area contributed by atoms with E-state index in [-0.39, 0.29) is 19.1 Å². The van der Waals surface area contributed by atoms with Gasteiger partial charge in [0, 0.05) is 6.42 Å². The number of unbranched alkanes of at least 4 members (excludes halogenated alkanes) is 43. The Labute approximate surface area is 461 Å². The number of likely N-dealkylation sites (N-methyl/N-ethyl adjacent to an activating group) is 1. The van der Waals surface area contributed by atoms with Crippen LogP contribution in [0.5, 0.6) is 0 Å². The molecule has 0 bridgehead atoms. The average molecular weight is 1060 g/mol. The van der Waals surface area contributed by atoms with Crippen molar-refractivity contribution in [3.8, 4) is 0 Å². The largest absolute Gasteiger partial charge is 0.756 e. The topological polar surface area (TPSA) is 108 Å². The Bertz CT molecular complexity index is 1300. The maximum atomic E-state index is 13.0. The Kier molecular flexibility index (Phi) is 55.5. The Hall–Kier alpha value is -1.28. The van der Waals surface area contributed by atoms with Crippen LogP contribution in [0, 0.1) is 0 Å². The number of nitrogens with one attached hydrogen (secondary N) is 1. The quantitative estimate of drug-likeness (QED) is 0.0272. The van der Waals surface area contributed by atoms with Crippen molar-refractivity contribution in [3.63, 3.8) is 0 Å². The van der Waals surface area contributed by atoms with Crippen LogP contribution in [0.2, 0.25) is 0 Å². The normalized spacial score (nSPS) is 14.0. The number of carbonyl (C=O) groups excluding carboxylic acids is 1. The number of hydrogen-bond donors (Lipinski definition) is 2. The first-order valence-corrected chi connectivity index (χ1v) is 33.8. The Morgan fingerprint density at radius 3 is 1.09 bits per heavy atom. The summed E-state index contributed by atoms with van der Waals surface area (Å²) in [6.07, 6.45) is 74.0. The zero-order valence-electron chi connectivity index (χ0n) is 50.1. The SMILES string of the molecule is CCCCCCCCCCCCCC/C=C\CCCCCCCCCCCCCCCCCCCC(=O)NC(COP(=O)([O-])OCC[N+](C)(C)C)C(O)/C=C/CC/C=C/CCCCCCCCCCCCCCC. The fourth-order valence-electron chi connectivity index (χ4n) is 9.76. The lowest BCUT2D eigenvalue weighted by atomic mass is 10.0. The third-order valence-corrected chi connectivity index (χ3v) is 15.8. The highest BCUT2D eigenvalue weighted by Crippen LogP contribution is 2.38. The number of aliphatic hydroxyl groups excluding tert-OH is 1. The van der Waals surface area contributed by atoms with E-state index in [9.17, 15) is 19.4 Å². The molecule has 74 heavy (non-hydrogen) atoms. The van der Waals surface area contributed by atoms with Gasteiger partial charge in [0.15, 0.2) is 0 Å². The molecule has 9 heteroatoms. The molecule has 0 aromatic carbocycles. The molecular formula is C65H127N2O6P. The second-order valence-electron chi connectivity index (χ2n) is 23.5. The number of phosphoric acid groups is 1. The van der Waals surface area contributed by atoms with Gasteiger partial charge in [0.1, 0.15) is 13.2 Å². The Morgan fingerprint density at radius 1 is 0.459 bits per heavy atom. The molecule has 438 valence electrons. The molecule has 0 aromatic heterocycles. The van der Waals surface area contributed by atoms with Gasteiger partial charge in [-0.2, -0.15) is 0 Å². The van der Waals surface area contributed by atoms with Crippen molar-refractivity contribution < 1.29 is 32.9 Å². The minimum Gasteiger partial charge on any atom is -0.756 e. The summed E-state index contributed by atoms with van der Waals surface area (Å²) >= 11 is 0. The van der Waals surface area contributed by atoms with Gasteiger partial charge in [0.05, 0.1) is 39.9 Å². The minimum atomic E-state index is -4.61. The standard InChI is InChI=1S/C65H127N2O6P/c1-6-8-10-12-14-16-18-20-22-24-26-27-28-29-30-31-32-33-34-35-36-37-38-39-41-43-45-47-49-51-53-55-57-59-65(69)66-63(62-73-74(70,71)72-61-60-67(3,4)5)64(68)58-56-54-52-50-48-46-44-42-40-25-23-21-19-17-15-13-11-9-7-2/h29-30,48,50,56,58,63-64,68H,6-28,31-47,49,51-55,57,59-62H2,1-5H3,(H-,66,69,70,71)/b30-29-,50-48+,58-56+. The number of carbonyl (C=O) groups is 1. The monoisotopic (exact) mass is 1060 g/mol. The molecule has 0 heterocycles.